The number of halogens is 1. The molecule has 0 bridgehead atoms. The fourth-order valence-corrected chi connectivity index (χ4v) is 3.58. The van der Waals surface area contributed by atoms with E-state index >= 15 is 0 Å². The van der Waals surface area contributed by atoms with Gasteiger partial charge < -0.3 is 5.11 Å². The molecule has 2 rings (SSSR count). The first-order valence-electron chi connectivity index (χ1n) is 5.35. The van der Waals surface area contributed by atoms with Gasteiger partial charge in [-0.2, -0.15) is 0 Å². The molecule has 0 radical (unpaired) electrons. The molecular weight excluding hydrogens is 290 g/mol. The molecule has 0 saturated carbocycles. The number of aliphatic carboxylic acids is 1. The Hall–Kier alpha value is -0.880. The lowest BCUT2D eigenvalue weighted by atomic mass is 10.1. The molecular formula is C12H12ClNO2S2. The first kappa shape index (κ1) is 13.5. The quantitative estimate of drug-likeness (QED) is 0.887. The smallest absolute Gasteiger partial charge is 0.320 e. The number of carboxylic acids is 1. The van der Waals surface area contributed by atoms with Crippen LogP contribution < -0.4 is 5.32 Å². The summed E-state index contributed by atoms with van der Waals surface area (Å²) in [6.07, 6.45) is 0. The van der Waals surface area contributed by atoms with Gasteiger partial charge in [0.15, 0.2) is 0 Å². The summed E-state index contributed by atoms with van der Waals surface area (Å²) in [5.41, 5.74) is 0. The van der Waals surface area contributed by atoms with Crippen molar-refractivity contribution in [1.82, 2.24) is 5.32 Å². The van der Waals surface area contributed by atoms with E-state index in [1.807, 2.05) is 29.6 Å². The third-order valence-electron chi connectivity index (χ3n) is 2.49. The Kier molecular flexibility index (Phi) is 4.40. The van der Waals surface area contributed by atoms with E-state index in [1.54, 1.807) is 18.3 Å². The van der Waals surface area contributed by atoms with Gasteiger partial charge in [0.2, 0.25) is 0 Å². The van der Waals surface area contributed by atoms with Gasteiger partial charge in [-0.25, -0.2) is 0 Å². The van der Waals surface area contributed by atoms with E-state index in [0.717, 1.165) is 9.75 Å². The number of carboxylic acid groups (broad SMARTS) is 1. The maximum Gasteiger partial charge on any atom is 0.320 e. The zero-order valence-corrected chi connectivity index (χ0v) is 12.0. The Balaban J connectivity index is 2.27. The van der Waals surface area contributed by atoms with Crippen molar-refractivity contribution in [2.24, 2.45) is 0 Å². The van der Waals surface area contributed by atoms with Crippen molar-refractivity contribution < 1.29 is 9.90 Å². The Labute approximate surface area is 118 Å². The van der Waals surface area contributed by atoms with E-state index in [4.69, 9.17) is 16.7 Å². The average Bonchev–Trinajstić information content (AvgIpc) is 2.96. The maximum absolute atomic E-state index is 11.0. The lowest BCUT2D eigenvalue weighted by Gasteiger charge is -2.19. The summed E-state index contributed by atoms with van der Waals surface area (Å²) in [6.45, 7) is 1.64. The second-order valence-corrected chi connectivity index (χ2v) is 6.54. The van der Waals surface area contributed by atoms with Gasteiger partial charge in [-0.05, 0) is 30.5 Å². The third kappa shape index (κ3) is 3.11. The fraction of sp³-hybridized carbons (Fsp3) is 0.250. The van der Waals surface area contributed by atoms with E-state index in [-0.39, 0.29) is 6.04 Å². The number of rotatable bonds is 5. The second kappa shape index (κ2) is 5.84. The van der Waals surface area contributed by atoms with Crippen LogP contribution in [-0.2, 0) is 4.79 Å². The molecule has 0 aliphatic rings. The summed E-state index contributed by atoms with van der Waals surface area (Å²) in [4.78, 5) is 13.1. The summed E-state index contributed by atoms with van der Waals surface area (Å²) in [7, 11) is 0. The molecule has 6 heteroatoms. The molecule has 2 unspecified atom stereocenters. The van der Waals surface area contributed by atoms with Crippen LogP contribution in [0.25, 0.3) is 0 Å². The molecule has 3 nitrogen and oxygen atoms in total. The zero-order chi connectivity index (χ0) is 13.1. The molecule has 18 heavy (non-hydrogen) atoms. The van der Waals surface area contributed by atoms with E-state index in [1.165, 1.54) is 11.3 Å². The second-order valence-electron chi connectivity index (χ2n) is 3.82. The van der Waals surface area contributed by atoms with E-state index in [2.05, 4.69) is 5.32 Å². The number of carbonyl (C=O) groups is 1. The van der Waals surface area contributed by atoms with Gasteiger partial charge in [-0.3, -0.25) is 10.1 Å². The van der Waals surface area contributed by atoms with Crippen LogP contribution in [0.1, 0.15) is 22.7 Å². The number of nitrogens with one attached hydrogen (secondary N) is 1. The minimum atomic E-state index is -0.862. The molecule has 0 aliphatic heterocycles. The van der Waals surface area contributed by atoms with Crippen LogP contribution >= 0.6 is 34.3 Å². The molecule has 2 aromatic heterocycles. The topological polar surface area (TPSA) is 49.3 Å². The predicted molar refractivity (Wildman–Crippen MR) is 75.7 cm³/mol. The Morgan fingerprint density at radius 1 is 1.39 bits per heavy atom. The molecule has 0 saturated heterocycles. The molecule has 0 amide bonds. The highest BCUT2D eigenvalue weighted by atomic mass is 35.5. The SMILES string of the molecule is CC(NC(c1cccs1)c1ccc(Cl)s1)C(=O)O. The molecule has 0 fully saturated rings. The van der Waals surface area contributed by atoms with Gasteiger partial charge >= 0.3 is 5.97 Å². The summed E-state index contributed by atoms with van der Waals surface area (Å²) < 4.78 is 0.705. The van der Waals surface area contributed by atoms with Crippen molar-refractivity contribution in [3.63, 3.8) is 0 Å². The van der Waals surface area contributed by atoms with Crippen LogP contribution in [0.5, 0.6) is 0 Å². The first-order chi connectivity index (χ1) is 8.58. The Morgan fingerprint density at radius 2 is 2.17 bits per heavy atom. The monoisotopic (exact) mass is 301 g/mol. The van der Waals surface area contributed by atoms with Crippen LogP contribution in [0.15, 0.2) is 29.6 Å². The minimum absolute atomic E-state index is 0.117. The number of thiophene rings is 2. The van der Waals surface area contributed by atoms with Gasteiger partial charge in [0, 0.05) is 9.75 Å². The molecule has 96 valence electrons. The molecule has 2 aromatic rings. The van der Waals surface area contributed by atoms with E-state index in [0.29, 0.717) is 4.34 Å². The van der Waals surface area contributed by atoms with Crippen molar-refractivity contribution in [3.8, 4) is 0 Å². The first-order valence-corrected chi connectivity index (χ1v) is 7.43. The van der Waals surface area contributed by atoms with Crippen LogP contribution in [0.3, 0.4) is 0 Å². The molecule has 0 aliphatic carbocycles. The lowest BCUT2D eigenvalue weighted by molar-refractivity contribution is -0.139. The predicted octanol–water partition coefficient (Wildman–Crippen LogP) is 3.62. The average molecular weight is 302 g/mol. The molecule has 0 aromatic carbocycles. The third-order valence-corrected chi connectivity index (χ3v) is 4.73. The summed E-state index contributed by atoms with van der Waals surface area (Å²) >= 11 is 9.00. The number of hydrogen-bond donors (Lipinski definition) is 2. The standard InChI is InChI=1S/C12H12ClNO2S2/c1-7(12(15)16)14-11(8-3-2-6-17-8)9-4-5-10(13)18-9/h2-7,11,14H,1H3,(H,15,16). The van der Waals surface area contributed by atoms with E-state index < -0.39 is 12.0 Å². The zero-order valence-electron chi connectivity index (χ0n) is 9.59. The summed E-state index contributed by atoms with van der Waals surface area (Å²) in [6, 6.07) is 6.97. The lowest BCUT2D eigenvalue weighted by Crippen LogP contribution is -2.36. The van der Waals surface area contributed by atoms with Crippen molar-refractivity contribution in [2.45, 2.75) is 19.0 Å². The van der Waals surface area contributed by atoms with Gasteiger partial charge in [-0.1, -0.05) is 17.7 Å². The molecule has 2 N–H and O–H groups in total. The highest BCUT2D eigenvalue weighted by Crippen LogP contribution is 2.33. The molecule has 0 spiro atoms. The molecule has 2 atom stereocenters. The van der Waals surface area contributed by atoms with Crippen LogP contribution in [-0.4, -0.2) is 17.1 Å². The van der Waals surface area contributed by atoms with E-state index in [9.17, 15) is 4.79 Å². The summed E-state index contributed by atoms with van der Waals surface area (Å²) in [5, 5.41) is 14.1. The normalized spacial score (nSPS) is 14.3. The van der Waals surface area contributed by atoms with Crippen LogP contribution in [0.4, 0.5) is 0 Å². The molecule has 2 heterocycles. The van der Waals surface area contributed by atoms with Crippen molar-refractivity contribution in [3.05, 3.63) is 43.7 Å². The van der Waals surface area contributed by atoms with Gasteiger partial charge in [0.1, 0.15) is 6.04 Å². The fourth-order valence-electron chi connectivity index (χ4n) is 1.56. The number of hydrogen-bond acceptors (Lipinski definition) is 4. The van der Waals surface area contributed by atoms with Crippen molar-refractivity contribution >= 4 is 40.2 Å². The summed E-state index contributed by atoms with van der Waals surface area (Å²) in [5.74, 6) is -0.862. The highest BCUT2D eigenvalue weighted by Gasteiger charge is 2.22. The van der Waals surface area contributed by atoms with Crippen LogP contribution in [0, 0.1) is 0 Å². The Bertz CT molecular complexity index is 524. The van der Waals surface area contributed by atoms with Crippen molar-refractivity contribution in [1.29, 1.82) is 0 Å². The van der Waals surface area contributed by atoms with Gasteiger partial charge in [-0.15, -0.1) is 22.7 Å². The van der Waals surface area contributed by atoms with Gasteiger partial charge in [0.05, 0.1) is 10.4 Å². The largest absolute Gasteiger partial charge is 0.480 e. The highest BCUT2D eigenvalue weighted by molar-refractivity contribution is 7.16. The van der Waals surface area contributed by atoms with Crippen molar-refractivity contribution in [2.75, 3.05) is 0 Å². The Morgan fingerprint density at radius 3 is 2.67 bits per heavy atom. The van der Waals surface area contributed by atoms with Gasteiger partial charge in [0.25, 0.3) is 0 Å². The maximum atomic E-state index is 11.0. The van der Waals surface area contributed by atoms with Crippen LogP contribution in [0.2, 0.25) is 4.34 Å². The minimum Gasteiger partial charge on any atom is -0.480 e.